The molecule has 2 heterocycles. The number of aromatic nitrogens is 1. The van der Waals surface area contributed by atoms with Gasteiger partial charge in [0.2, 0.25) is 0 Å². The van der Waals surface area contributed by atoms with Gasteiger partial charge in [-0.25, -0.2) is 18.2 Å². The van der Waals surface area contributed by atoms with E-state index in [0.717, 1.165) is 25.5 Å². The number of hydrogen-bond acceptors (Lipinski definition) is 5. The quantitative estimate of drug-likeness (QED) is 0.674. The molecule has 0 spiro atoms. The van der Waals surface area contributed by atoms with Crippen molar-refractivity contribution in [3.05, 3.63) is 23.5 Å². The van der Waals surface area contributed by atoms with Crippen molar-refractivity contribution in [3.63, 3.8) is 0 Å². The molecule has 1 aromatic heterocycles. The maximum Gasteiger partial charge on any atom is 0.429 e. The Kier molecular flexibility index (Phi) is 4.79. The molecule has 20 heavy (non-hydrogen) atoms. The molecular formula is C11H14ClN3O4S. The van der Waals surface area contributed by atoms with Gasteiger partial charge in [-0.05, 0) is 36.3 Å². The molecule has 0 aliphatic carbocycles. The summed E-state index contributed by atoms with van der Waals surface area (Å²) in [4.78, 5) is 23.1. The van der Waals surface area contributed by atoms with Crippen LogP contribution in [0.4, 0.5) is 4.79 Å². The fourth-order valence-electron chi connectivity index (χ4n) is 1.80. The van der Waals surface area contributed by atoms with E-state index < -0.39 is 16.1 Å². The van der Waals surface area contributed by atoms with Gasteiger partial charge in [-0.1, -0.05) is 11.6 Å². The van der Waals surface area contributed by atoms with Crippen LogP contribution in [0.3, 0.4) is 0 Å². The molecule has 1 aliphatic rings. The summed E-state index contributed by atoms with van der Waals surface area (Å²) in [5.41, 5.74) is 0. The number of hydrogen-bond donors (Lipinski definition) is 1. The van der Waals surface area contributed by atoms with Crippen LogP contribution < -0.4 is 4.89 Å². The number of nitrogens with zero attached hydrogens (tertiary/aromatic N) is 2. The topological polar surface area (TPSA) is 88.6 Å². The molecule has 1 fully saturated rings. The summed E-state index contributed by atoms with van der Waals surface area (Å²) >= 11 is 5.57. The Hall–Kier alpha value is -1.38. The lowest BCUT2D eigenvalue weighted by atomic mass is 10.1. The summed E-state index contributed by atoms with van der Waals surface area (Å²) in [6.45, 7) is 1.14. The lowest BCUT2D eigenvalue weighted by Crippen LogP contribution is -2.40. The van der Waals surface area contributed by atoms with E-state index in [-0.39, 0.29) is 10.0 Å². The van der Waals surface area contributed by atoms with Crippen molar-refractivity contribution >= 4 is 27.7 Å². The summed E-state index contributed by atoms with van der Waals surface area (Å²) in [6.07, 6.45) is 3.23. The normalized spacial score (nSPS) is 15.9. The van der Waals surface area contributed by atoms with Crippen molar-refractivity contribution in [2.24, 2.45) is 0 Å². The first-order valence-corrected chi connectivity index (χ1v) is 7.94. The van der Waals surface area contributed by atoms with Gasteiger partial charge in [0.15, 0.2) is 0 Å². The van der Waals surface area contributed by atoms with E-state index in [1.807, 2.05) is 0 Å². The minimum atomic E-state index is -3.95. The molecule has 0 aromatic carbocycles. The number of amides is 1. The summed E-state index contributed by atoms with van der Waals surface area (Å²) in [5, 5.41) is 0.175. The highest BCUT2D eigenvalue weighted by atomic mass is 35.5. The fourth-order valence-corrected chi connectivity index (χ4v) is 2.63. The minimum absolute atomic E-state index is 0.131. The Bertz CT molecular complexity index is 570. The molecule has 1 saturated heterocycles. The second-order valence-corrected chi connectivity index (χ2v) is 6.35. The van der Waals surface area contributed by atoms with E-state index in [9.17, 15) is 13.2 Å². The number of sulfonamides is 1. The summed E-state index contributed by atoms with van der Waals surface area (Å²) in [5.74, 6) is 0. The Morgan fingerprint density at radius 3 is 2.60 bits per heavy atom. The number of halogens is 1. The van der Waals surface area contributed by atoms with Gasteiger partial charge in [-0.2, -0.15) is 0 Å². The second-order valence-electron chi connectivity index (χ2n) is 4.32. The third-order valence-corrected chi connectivity index (χ3v) is 4.25. The number of pyridine rings is 1. The predicted molar refractivity (Wildman–Crippen MR) is 71.5 cm³/mol. The summed E-state index contributed by atoms with van der Waals surface area (Å²) in [7, 11) is -3.95. The monoisotopic (exact) mass is 319 g/mol. The van der Waals surface area contributed by atoms with Crippen LogP contribution in [0, 0.1) is 0 Å². The summed E-state index contributed by atoms with van der Waals surface area (Å²) < 4.78 is 23.7. The Balaban J connectivity index is 1.95. The molecule has 1 aliphatic heterocycles. The van der Waals surface area contributed by atoms with Gasteiger partial charge in [0, 0.05) is 19.3 Å². The molecule has 1 N–H and O–H groups in total. The standard InChI is InChI=1S/C11H14ClN3O4S/c12-10-5-4-9(8-13-10)20(17,18)14-19-11(16)15-6-2-1-3-7-15/h4-5,8,14H,1-3,6-7H2. The number of carbonyl (C=O) groups is 1. The van der Waals surface area contributed by atoms with Crippen molar-refractivity contribution in [1.82, 2.24) is 14.8 Å². The maximum absolute atomic E-state index is 11.8. The summed E-state index contributed by atoms with van der Waals surface area (Å²) in [6, 6.07) is 2.61. The van der Waals surface area contributed by atoms with Gasteiger partial charge in [0.05, 0.1) is 0 Å². The molecule has 0 radical (unpaired) electrons. The molecular weight excluding hydrogens is 306 g/mol. The van der Waals surface area contributed by atoms with Gasteiger partial charge >= 0.3 is 6.09 Å². The first kappa shape index (κ1) is 15.0. The average molecular weight is 320 g/mol. The lowest BCUT2D eigenvalue weighted by molar-refractivity contribution is 0.0774. The lowest BCUT2D eigenvalue weighted by Gasteiger charge is -2.25. The molecule has 7 nitrogen and oxygen atoms in total. The van der Waals surface area contributed by atoms with Crippen LogP contribution in [-0.2, 0) is 14.9 Å². The number of rotatable bonds is 3. The van der Waals surface area contributed by atoms with E-state index in [1.54, 1.807) is 4.89 Å². The predicted octanol–water partition coefficient (Wildman–Crippen LogP) is 1.55. The maximum atomic E-state index is 11.8. The molecule has 110 valence electrons. The highest BCUT2D eigenvalue weighted by molar-refractivity contribution is 7.89. The van der Waals surface area contributed by atoms with Crippen LogP contribution >= 0.6 is 11.6 Å². The van der Waals surface area contributed by atoms with Crippen molar-refractivity contribution < 1.29 is 18.0 Å². The zero-order valence-electron chi connectivity index (χ0n) is 10.6. The third-order valence-electron chi connectivity index (χ3n) is 2.86. The zero-order valence-corrected chi connectivity index (χ0v) is 12.2. The van der Waals surface area contributed by atoms with Gasteiger partial charge in [0.1, 0.15) is 10.0 Å². The van der Waals surface area contributed by atoms with E-state index in [0.29, 0.717) is 13.1 Å². The first-order valence-electron chi connectivity index (χ1n) is 6.08. The van der Waals surface area contributed by atoms with Crippen LogP contribution in [0.25, 0.3) is 0 Å². The van der Waals surface area contributed by atoms with Gasteiger partial charge in [-0.15, -0.1) is 0 Å². The second kappa shape index (κ2) is 6.38. The fraction of sp³-hybridized carbons (Fsp3) is 0.455. The molecule has 2 rings (SSSR count). The number of carbonyl (C=O) groups excluding carboxylic acids is 1. The van der Waals surface area contributed by atoms with E-state index >= 15 is 0 Å². The van der Waals surface area contributed by atoms with Crippen molar-refractivity contribution in [3.8, 4) is 0 Å². The van der Waals surface area contributed by atoms with E-state index in [4.69, 9.17) is 11.6 Å². The SMILES string of the molecule is O=C(ONS(=O)(=O)c1ccc(Cl)nc1)N1CCCCC1. The van der Waals surface area contributed by atoms with Crippen molar-refractivity contribution in [1.29, 1.82) is 0 Å². The molecule has 0 saturated carbocycles. The van der Waals surface area contributed by atoms with Crippen LogP contribution in [-0.4, -0.2) is 37.5 Å². The van der Waals surface area contributed by atoms with Crippen LogP contribution in [0.2, 0.25) is 5.15 Å². The molecule has 0 bridgehead atoms. The first-order chi connectivity index (χ1) is 9.49. The van der Waals surface area contributed by atoms with Crippen LogP contribution in [0.1, 0.15) is 19.3 Å². The highest BCUT2D eigenvalue weighted by Gasteiger charge is 2.22. The molecule has 1 aromatic rings. The Morgan fingerprint density at radius 2 is 2.00 bits per heavy atom. The van der Waals surface area contributed by atoms with Crippen molar-refractivity contribution in [2.45, 2.75) is 24.2 Å². The largest absolute Gasteiger partial charge is 0.429 e. The Labute approximate surface area is 121 Å². The van der Waals surface area contributed by atoms with Crippen molar-refractivity contribution in [2.75, 3.05) is 13.1 Å². The number of nitrogens with one attached hydrogen (secondary N) is 1. The highest BCUT2D eigenvalue weighted by Crippen LogP contribution is 2.12. The van der Waals surface area contributed by atoms with Gasteiger partial charge in [-0.3, -0.25) is 0 Å². The molecule has 0 unspecified atom stereocenters. The van der Waals surface area contributed by atoms with Crippen LogP contribution in [0.5, 0.6) is 0 Å². The van der Waals surface area contributed by atoms with E-state index in [2.05, 4.69) is 9.82 Å². The third kappa shape index (κ3) is 3.81. The van der Waals surface area contributed by atoms with Gasteiger partial charge in [0.25, 0.3) is 10.0 Å². The number of piperidine rings is 1. The molecule has 1 amide bonds. The van der Waals surface area contributed by atoms with Crippen LogP contribution in [0.15, 0.2) is 23.2 Å². The van der Waals surface area contributed by atoms with E-state index in [1.165, 1.54) is 17.0 Å². The zero-order chi connectivity index (χ0) is 14.6. The minimum Gasteiger partial charge on any atom is -0.338 e. The Morgan fingerprint density at radius 1 is 1.30 bits per heavy atom. The number of likely N-dealkylation sites (tertiary alicyclic amines) is 1. The van der Waals surface area contributed by atoms with Gasteiger partial charge < -0.3 is 9.74 Å². The molecule has 9 heteroatoms. The smallest absolute Gasteiger partial charge is 0.338 e. The molecule has 0 atom stereocenters. The average Bonchev–Trinajstić information content (AvgIpc) is 2.46.